The van der Waals surface area contributed by atoms with E-state index < -0.39 is 6.10 Å². The van der Waals surface area contributed by atoms with Crippen LogP contribution in [0.25, 0.3) is 0 Å². The van der Waals surface area contributed by atoms with Crippen molar-refractivity contribution < 1.29 is 19.1 Å². The Bertz CT molecular complexity index is 663. The third-order valence-corrected chi connectivity index (χ3v) is 4.55. The first-order valence-electron chi connectivity index (χ1n) is 6.64. The molecule has 0 spiro atoms. The van der Waals surface area contributed by atoms with Crippen LogP contribution in [-0.2, 0) is 14.3 Å². The highest BCUT2D eigenvalue weighted by Crippen LogP contribution is 2.25. The fourth-order valence-corrected chi connectivity index (χ4v) is 3.05. The van der Waals surface area contributed by atoms with Crippen molar-refractivity contribution in [1.29, 1.82) is 0 Å². The number of benzene rings is 1. The van der Waals surface area contributed by atoms with Crippen molar-refractivity contribution in [3.8, 4) is 5.75 Å². The van der Waals surface area contributed by atoms with E-state index in [-0.39, 0.29) is 17.6 Å². The standard InChI is InChI=1S/C14H15N3O4S2/c1-9(21-10-6-4-3-5-7-10)12(19)15-13-16-17-14(23-13)22-8-11(18)20-2/h3-7,9H,8H2,1-2H3,(H,15,16,19)/t9-/m1/s1. The molecule has 0 radical (unpaired) electrons. The van der Waals surface area contributed by atoms with E-state index in [0.29, 0.717) is 15.2 Å². The molecule has 0 fully saturated rings. The third-order valence-electron chi connectivity index (χ3n) is 2.60. The summed E-state index contributed by atoms with van der Waals surface area (Å²) in [7, 11) is 1.32. The Morgan fingerprint density at radius 2 is 2.04 bits per heavy atom. The molecule has 0 unspecified atom stereocenters. The van der Waals surface area contributed by atoms with E-state index in [1.165, 1.54) is 30.2 Å². The summed E-state index contributed by atoms with van der Waals surface area (Å²) in [6.45, 7) is 1.65. The monoisotopic (exact) mass is 353 g/mol. The van der Waals surface area contributed by atoms with Crippen LogP contribution in [0, 0.1) is 0 Å². The lowest BCUT2D eigenvalue weighted by atomic mass is 10.3. The smallest absolute Gasteiger partial charge is 0.316 e. The molecule has 1 heterocycles. The van der Waals surface area contributed by atoms with Gasteiger partial charge < -0.3 is 9.47 Å². The fraction of sp³-hybridized carbons (Fsp3) is 0.286. The summed E-state index contributed by atoms with van der Waals surface area (Å²) >= 11 is 2.38. The molecule has 1 atom stereocenters. The van der Waals surface area contributed by atoms with Crippen LogP contribution in [0.3, 0.4) is 0 Å². The predicted molar refractivity (Wildman–Crippen MR) is 87.8 cm³/mol. The number of amides is 1. The Kier molecular flexibility index (Phi) is 6.36. The maximum atomic E-state index is 12.1. The number of methoxy groups -OCH3 is 1. The summed E-state index contributed by atoms with van der Waals surface area (Å²) in [4.78, 5) is 23.1. The molecule has 23 heavy (non-hydrogen) atoms. The summed E-state index contributed by atoms with van der Waals surface area (Å²) in [6.07, 6.45) is -0.674. The molecule has 0 saturated heterocycles. The number of hydrogen-bond donors (Lipinski definition) is 1. The number of hydrogen-bond acceptors (Lipinski definition) is 8. The SMILES string of the molecule is COC(=O)CSc1nnc(NC(=O)[C@@H](C)Oc2ccccc2)s1. The molecule has 0 aliphatic carbocycles. The minimum Gasteiger partial charge on any atom is -0.481 e. The second kappa shape index (κ2) is 8.49. The van der Waals surface area contributed by atoms with Gasteiger partial charge in [0.15, 0.2) is 10.4 Å². The average molecular weight is 353 g/mol. The van der Waals surface area contributed by atoms with Crippen LogP contribution in [0.15, 0.2) is 34.7 Å². The maximum absolute atomic E-state index is 12.1. The van der Waals surface area contributed by atoms with Gasteiger partial charge in [0.25, 0.3) is 5.91 Å². The molecule has 1 aromatic heterocycles. The minimum absolute atomic E-state index is 0.145. The summed E-state index contributed by atoms with van der Waals surface area (Å²) in [5.41, 5.74) is 0. The molecule has 9 heteroatoms. The van der Waals surface area contributed by atoms with E-state index in [9.17, 15) is 9.59 Å². The molecule has 1 aromatic carbocycles. The number of esters is 1. The van der Waals surface area contributed by atoms with Crippen LogP contribution in [0.5, 0.6) is 5.75 Å². The summed E-state index contributed by atoms with van der Waals surface area (Å²) in [5, 5.41) is 10.7. The van der Waals surface area contributed by atoms with Crippen LogP contribution in [-0.4, -0.2) is 41.0 Å². The van der Waals surface area contributed by atoms with Gasteiger partial charge in [-0.25, -0.2) is 0 Å². The van der Waals surface area contributed by atoms with E-state index in [2.05, 4.69) is 20.3 Å². The minimum atomic E-state index is -0.674. The number of nitrogens with zero attached hydrogens (tertiary/aromatic N) is 2. The van der Waals surface area contributed by atoms with Crippen molar-refractivity contribution in [3.05, 3.63) is 30.3 Å². The van der Waals surface area contributed by atoms with E-state index in [4.69, 9.17) is 4.74 Å². The first-order valence-corrected chi connectivity index (χ1v) is 8.44. The van der Waals surface area contributed by atoms with Gasteiger partial charge in [0, 0.05) is 0 Å². The highest BCUT2D eigenvalue weighted by atomic mass is 32.2. The van der Waals surface area contributed by atoms with Crippen molar-refractivity contribution in [2.24, 2.45) is 0 Å². The summed E-state index contributed by atoms with van der Waals surface area (Å²) < 4.78 is 10.6. The molecular weight excluding hydrogens is 338 g/mol. The molecule has 0 aliphatic heterocycles. The molecule has 7 nitrogen and oxygen atoms in total. The number of ether oxygens (including phenoxy) is 2. The van der Waals surface area contributed by atoms with Crippen molar-refractivity contribution in [2.45, 2.75) is 17.4 Å². The molecular formula is C14H15N3O4S2. The Balaban J connectivity index is 1.85. The quantitative estimate of drug-likeness (QED) is 0.463. The Hall–Kier alpha value is -2.13. The molecule has 2 rings (SSSR count). The lowest BCUT2D eigenvalue weighted by molar-refractivity contribution is -0.137. The number of thioether (sulfide) groups is 1. The second-order valence-corrected chi connectivity index (χ2v) is 6.50. The molecule has 1 N–H and O–H groups in total. The van der Waals surface area contributed by atoms with Crippen LogP contribution in [0.1, 0.15) is 6.92 Å². The van der Waals surface area contributed by atoms with Gasteiger partial charge in [-0.1, -0.05) is 41.3 Å². The zero-order chi connectivity index (χ0) is 16.7. The molecule has 2 aromatic rings. The highest BCUT2D eigenvalue weighted by molar-refractivity contribution is 8.01. The molecule has 1 amide bonds. The van der Waals surface area contributed by atoms with Crippen molar-refractivity contribution >= 4 is 40.1 Å². The van der Waals surface area contributed by atoms with Gasteiger partial charge in [-0.2, -0.15) is 0 Å². The van der Waals surface area contributed by atoms with Crippen molar-refractivity contribution in [1.82, 2.24) is 10.2 Å². The van der Waals surface area contributed by atoms with Gasteiger partial charge in [0.1, 0.15) is 5.75 Å². The van der Waals surface area contributed by atoms with E-state index in [0.717, 1.165) is 0 Å². The van der Waals surface area contributed by atoms with Crippen LogP contribution in [0.2, 0.25) is 0 Å². The van der Waals surface area contributed by atoms with Gasteiger partial charge in [0.05, 0.1) is 12.9 Å². The van der Waals surface area contributed by atoms with Crippen molar-refractivity contribution in [2.75, 3.05) is 18.2 Å². The normalized spacial score (nSPS) is 11.6. The number of carbonyl (C=O) groups excluding carboxylic acids is 2. The van der Waals surface area contributed by atoms with Gasteiger partial charge in [-0.15, -0.1) is 10.2 Å². The first kappa shape index (κ1) is 17.2. The van der Waals surface area contributed by atoms with Gasteiger partial charge in [-0.3, -0.25) is 14.9 Å². The first-order chi connectivity index (χ1) is 11.1. The van der Waals surface area contributed by atoms with Crippen molar-refractivity contribution in [3.63, 3.8) is 0 Å². The van der Waals surface area contributed by atoms with E-state index in [1.807, 2.05) is 18.2 Å². The Labute approximate surface area is 141 Å². The lowest BCUT2D eigenvalue weighted by Gasteiger charge is -2.13. The van der Waals surface area contributed by atoms with Crippen LogP contribution in [0.4, 0.5) is 5.13 Å². The van der Waals surface area contributed by atoms with E-state index >= 15 is 0 Å². The molecule has 122 valence electrons. The zero-order valence-electron chi connectivity index (χ0n) is 12.5. The van der Waals surface area contributed by atoms with Gasteiger partial charge >= 0.3 is 5.97 Å². The van der Waals surface area contributed by atoms with Gasteiger partial charge in [0.2, 0.25) is 5.13 Å². The second-order valence-electron chi connectivity index (χ2n) is 4.30. The average Bonchev–Trinajstić information content (AvgIpc) is 3.00. The van der Waals surface area contributed by atoms with E-state index in [1.54, 1.807) is 19.1 Å². The fourth-order valence-electron chi connectivity index (χ4n) is 1.46. The predicted octanol–water partition coefficient (Wildman–Crippen LogP) is 2.21. The molecule has 0 saturated carbocycles. The van der Waals surface area contributed by atoms with Crippen LogP contribution < -0.4 is 10.1 Å². The molecule has 0 aliphatic rings. The summed E-state index contributed by atoms with van der Waals surface area (Å²) in [6, 6.07) is 9.07. The Morgan fingerprint density at radius 3 is 2.74 bits per heavy atom. The maximum Gasteiger partial charge on any atom is 0.316 e. The highest BCUT2D eigenvalue weighted by Gasteiger charge is 2.17. The largest absolute Gasteiger partial charge is 0.481 e. The number of nitrogens with one attached hydrogen (secondary N) is 1. The number of para-hydroxylation sites is 1. The Morgan fingerprint density at radius 1 is 1.30 bits per heavy atom. The number of rotatable bonds is 7. The van der Waals surface area contributed by atoms with Crippen LogP contribution >= 0.6 is 23.1 Å². The number of carbonyl (C=O) groups is 2. The molecule has 0 bridgehead atoms. The topological polar surface area (TPSA) is 90.4 Å². The zero-order valence-corrected chi connectivity index (χ0v) is 14.1. The number of aromatic nitrogens is 2. The summed E-state index contributed by atoms with van der Waals surface area (Å²) in [5.74, 6) is 0.0870. The third kappa shape index (κ3) is 5.53. The lowest BCUT2D eigenvalue weighted by Crippen LogP contribution is -2.30. The number of anilines is 1. The van der Waals surface area contributed by atoms with Gasteiger partial charge in [-0.05, 0) is 19.1 Å².